The highest BCUT2D eigenvalue weighted by molar-refractivity contribution is 7.98. The zero-order chi connectivity index (χ0) is 24.4. The Morgan fingerprint density at radius 3 is 2.50 bits per heavy atom. The van der Waals surface area contributed by atoms with Crippen LogP contribution in [-0.4, -0.2) is 77.5 Å². The SMILES string of the molecule is CSCCC(C(=O)OC12CC3CC(C1)CC(C(N)C(=O)N1C(C#N)CC4C(C)C41)(C3)C2)N(C)C. The van der Waals surface area contributed by atoms with E-state index >= 15 is 0 Å². The largest absolute Gasteiger partial charge is 0.458 e. The zero-order valence-corrected chi connectivity index (χ0v) is 21.9. The van der Waals surface area contributed by atoms with Crippen LogP contribution in [0.1, 0.15) is 58.3 Å². The molecule has 0 spiro atoms. The van der Waals surface area contributed by atoms with Crippen LogP contribution in [0, 0.1) is 40.4 Å². The first-order valence-corrected chi connectivity index (χ1v) is 14.4. The molecule has 7 nitrogen and oxygen atoms in total. The molecule has 5 aliphatic carbocycles. The van der Waals surface area contributed by atoms with Crippen molar-refractivity contribution in [2.45, 2.75) is 88.1 Å². The van der Waals surface area contributed by atoms with Gasteiger partial charge in [0.05, 0.1) is 12.1 Å². The number of carbonyl (C=O) groups excluding carboxylic acids is 2. The number of fused-ring (bicyclic) bond motifs is 1. The monoisotopic (exact) mass is 488 g/mol. The van der Waals surface area contributed by atoms with Gasteiger partial charge in [0.1, 0.15) is 17.7 Å². The van der Waals surface area contributed by atoms with Crippen molar-refractivity contribution in [3.63, 3.8) is 0 Å². The Morgan fingerprint density at radius 1 is 1.24 bits per heavy atom. The normalized spacial score (nSPS) is 43.4. The Balaban J connectivity index is 1.36. The Hall–Kier alpha value is -1.30. The van der Waals surface area contributed by atoms with Crippen LogP contribution in [0.25, 0.3) is 0 Å². The minimum absolute atomic E-state index is 0.0436. The first kappa shape index (κ1) is 24.4. The van der Waals surface area contributed by atoms with Gasteiger partial charge < -0.3 is 15.4 Å². The second kappa shape index (κ2) is 8.67. The predicted molar refractivity (Wildman–Crippen MR) is 132 cm³/mol. The van der Waals surface area contributed by atoms with E-state index in [1.165, 1.54) is 0 Å². The number of nitrogens with zero attached hydrogens (tertiary/aromatic N) is 3. The zero-order valence-electron chi connectivity index (χ0n) is 21.0. The molecule has 0 aromatic rings. The molecule has 34 heavy (non-hydrogen) atoms. The van der Waals surface area contributed by atoms with Crippen molar-refractivity contribution >= 4 is 23.6 Å². The van der Waals surface area contributed by atoms with Gasteiger partial charge in [-0.2, -0.15) is 17.0 Å². The Bertz CT molecular complexity index is 874. The lowest BCUT2D eigenvalue weighted by molar-refractivity contribution is -0.209. The maximum absolute atomic E-state index is 13.8. The van der Waals surface area contributed by atoms with E-state index in [9.17, 15) is 14.9 Å². The molecule has 2 N–H and O–H groups in total. The number of likely N-dealkylation sites (tertiary alicyclic amines) is 1. The molecule has 6 aliphatic rings. The lowest BCUT2D eigenvalue weighted by Gasteiger charge is -2.62. The molecule has 0 aromatic carbocycles. The number of piperidine rings is 1. The van der Waals surface area contributed by atoms with Gasteiger partial charge in [0.2, 0.25) is 5.91 Å². The van der Waals surface area contributed by atoms with Gasteiger partial charge in [-0.1, -0.05) is 6.92 Å². The Kier molecular flexibility index (Phi) is 6.22. The smallest absolute Gasteiger partial charge is 0.323 e. The van der Waals surface area contributed by atoms with Crippen molar-refractivity contribution in [1.82, 2.24) is 9.80 Å². The number of likely N-dealkylation sites (N-methyl/N-ethyl adjacent to an activating group) is 1. The van der Waals surface area contributed by atoms with Crippen molar-refractivity contribution < 1.29 is 14.3 Å². The maximum Gasteiger partial charge on any atom is 0.323 e. The van der Waals surface area contributed by atoms with Crippen molar-refractivity contribution in [2.75, 3.05) is 26.1 Å². The summed E-state index contributed by atoms with van der Waals surface area (Å²) in [7, 11) is 3.88. The van der Waals surface area contributed by atoms with Crippen LogP contribution in [0.15, 0.2) is 0 Å². The molecule has 8 unspecified atom stereocenters. The number of hydrogen-bond acceptors (Lipinski definition) is 7. The number of amides is 1. The predicted octanol–water partition coefficient (Wildman–Crippen LogP) is 2.64. The van der Waals surface area contributed by atoms with Gasteiger partial charge in [-0.3, -0.25) is 14.5 Å². The summed E-state index contributed by atoms with van der Waals surface area (Å²) >= 11 is 1.74. The summed E-state index contributed by atoms with van der Waals surface area (Å²) in [5, 5.41) is 9.68. The number of thioether (sulfide) groups is 1. The molecule has 0 aromatic heterocycles. The average molecular weight is 489 g/mol. The van der Waals surface area contributed by atoms with Crippen LogP contribution in [0.4, 0.5) is 0 Å². The summed E-state index contributed by atoms with van der Waals surface area (Å²) < 4.78 is 6.42. The summed E-state index contributed by atoms with van der Waals surface area (Å²) in [6, 6.07) is 1.31. The second-order valence-electron chi connectivity index (χ2n) is 12.3. The van der Waals surface area contributed by atoms with E-state index in [-0.39, 0.29) is 35.4 Å². The molecule has 1 amide bonds. The van der Waals surface area contributed by atoms with Crippen LogP contribution in [0.5, 0.6) is 0 Å². The van der Waals surface area contributed by atoms with Crippen LogP contribution >= 0.6 is 11.8 Å². The first-order valence-electron chi connectivity index (χ1n) is 13.0. The van der Waals surface area contributed by atoms with Crippen molar-refractivity contribution in [2.24, 2.45) is 34.8 Å². The lowest BCUT2D eigenvalue weighted by Crippen LogP contribution is -2.66. The molecule has 1 aliphatic heterocycles. The van der Waals surface area contributed by atoms with Gasteiger partial charge >= 0.3 is 5.97 Å². The fourth-order valence-corrected chi connectivity index (χ4v) is 9.04. The number of carbonyl (C=O) groups is 2. The highest BCUT2D eigenvalue weighted by Crippen LogP contribution is 2.64. The number of nitriles is 1. The first-order chi connectivity index (χ1) is 16.1. The quantitative estimate of drug-likeness (QED) is 0.524. The van der Waals surface area contributed by atoms with Crippen LogP contribution in [0.3, 0.4) is 0 Å². The molecular formula is C26H40N4O3S. The summed E-state index contributed by atoms with van der Waals surface area (Å²) in [5.41, 5.74) is 6.02. The number of esters is 1. The summed E-state index contributed by atoms with van der Waals surface area (Å²) in [6.07, 6.45) is 9.11. The third kappa shape index (κ3) is 3.87. The van der Waals surface area contributed by atoms with E-state index < -0.39 is 11.6 Å². The van der Waals surface area contributed by atoms with E-state index in [1.807, 2.05) is 23.9 Å². The Labute approximate surface area is 208 Å². The number of ether oxygens (including phenoxy) is 1. The van der Waals surface area contributed by atoms with E-state index in [0.29, 0.717) is 30.1 Å². The van der Waals surface area contributed by atoms with E-state index in [1.54, 1.807) is 11.8 Å². The highest BCUT2D eigenvalue weighted by atomic mass is 32.2. The summed E-state index contributed by atoms with van der Waals surface area (Å²) in [6.45, 7) is 2.17. The molecule has 1 saturated heterocycles. The van der Waals surface area contributed by atoms with Gasteiger partial charge in [0.25, 0.3) is 0 Å². The maximum atomic E-state index is 13.8. The second-order valence-corrected chi connectivity index (χ2v) is 13.3. The minimum atomic E-state index is -0.625. The molecule has 4 bridgehead atoms. The Morgan fingerprint density at radius 2 is 1.91 bits per heavy atom. The molecule has 188 valence electrons. The fourth-order valence-electron chi connectivity index (χ4n) is 8.58. The van der Waals surface area contributed by atoms with Crippen LogP contribution < -0.4 is 5.73 Å². The van der Waals surface area contributed by atoms with Crippen LogP contribution in [-0.2, 0) is 14.3 Å². The molecule has 6 fully saturated rings. The third-order valence-corrected chi connectivity index (χ3v) is 10.5. The van der Waals surface area contributed by atoms with Gasteiger partial charge in [-0.15, -0.1) is 0 Å². The molecule has 1 heterocycles. The minimum Gasteiger partial charge on any atom is -0.458 e. The van der Waals surface area contributed by atoms with Gasteiger partial charge in [0.15, 0.2) is 0 Å². The summed E-state index contributed by atoms with van der Waals surface area (Å²) in [5.74, 6) is 2.57. The molecule has 6 rings (SSSR count). The highest BCUT2D eigenvalue weighted by Gasteiger charge is 2.65. The van der Waals surface area contributed by atoms with E-state index in [0.717, 1.165) is 50.7 Å². The van der Waals surface area contributed by atoms with Gasteiger partial charge in [0, 0.05) is 6.04 Å². The number of hydrogen-bond donors (Lipinski definition) is 1. The van der Waals surface area contributed by atoms with Crippen LogP contribution in [0.2, 0.25) is 0 Å². The molecule has 0 radical (unpaired) electrons. The van der Waals surface area contributed by atoms with Crippen molar-refractivity contribution in [3.8, 4) is 6.07 Å². The standard InChI is InChI=1S/C26H40N4O3S/c1-15-19-8-18(13-27)30(21(15)19)23(31)22(28)25-9-16-7-17(10-25)12-26(11-16,14-25)33-24(32)20(29(2)3)5-6-34-4/h15-22H,5-12,14,28H2,1-4H3. The van der Waals surface area contributed by atoms with Gasteiger partial charge in [-0.25, -0.2) is 0 Å². The average Bonchev–Trinajstić information content (AvgIpc) is 3.21. The number of rotatable bonds is 8. The topological polar surface area (TPSA) is 99.7 Å². The third-order valence-electron chi connectivity index (χ3n) is 9.85. The number of nitrogens with two attached hydrogens (primary N) is 1. The molecular weight excluding hydrogens is 448 g/mol. The summed E-state index contributed by atoms with van der Waals surface area (Å²) in [4.78, 5) is 30.9. The fraction of sp³-hybridized carbons (Fsp3) is 0.885. The molecule has 5 saturated carbocycles. The van der Waals surface area contributed by atoms with Crippen molar-refractivity contribution in [1.29, 1.82) is 5.26 Å². The molecule has 8 heteroatoms. The van der Waals surface area contributed by atoms with Gasteiger partial charge in [-0.05, 0) is 107 Å². The lowest BCUT2D eigenvalue weighted by atomic mass is 9.46. The van der Waals surface area contributed by atoms with E-state index in [2.05, 4.69) is 19.2 Å². The van der Waals surface area contributed by atoms with E-state index in [4.69, 9.17) is 10.5 Å². The molecule has 8 atom stereocenters. The van der Waals surface area contributed by atoms with Crippen molar-refractivity contribution in [3.05, 3.63) is 0 Å².